The largest absolute Gasteiger partial charge is 1.00 e. The number of esters is 1. The Balaban J connectivity index is -0.000000114. The molecule has 0 atom stereocenters. The average molecular weight is 172 g/mol. The Kier molecular flexibility index (Phi) is 19.2. The Morgan fingerprint density at radius 2 is 1.82 bits per heavy atom. The molecule has 5 nitrogen and oxygen atoms in total. The first-order chi connectivity index (χ1) is 4.50. The summed E-state index contributed by atoms with van der Waals surface area (Å²) in [4.78, 5) is 18.3. The van der Waals surface area contributed by atoms with Crippen LogP contribution in [0.25, 0.3) is 0 Å². The fourth-order valence-corrected chi connectivity index (χ4v) is 0.203. The standard InChI is InChI=1S/C4H8O2.CH2O3.Na/c1-3-6-4(2)5;2-1(3)4;/h3H2,1-2H3;(H2,2,3,4);/q;;+1/p-1. The van der Waals surface area contributed by atoms with Gasteiger partial charge in [-0.05, 0) is 6.92 Å². The quantitative estimate of drug-likeness (QED) is 0.327. The van der Waals surface area contributed by atoms with E-state index in [2.05, 4.69) is 4.74 Å². The fraction of sp³-hybridized carbons (Fsp3) is 0.600. The first kappa shape index (κ1) is 17.0. The van der Waals surface area contributed by atoms with Crippen LogP contribution in [0.2, 0.25) is 0 Å². The number of rotatable bonds is 1. The summed E-state index contributed by atoms with van der Waals surface area (Å²) in [6, 6.07) is 0. The third-order valence-corrected chi connectivity index (χ3v) is 0.348. The SMILES string of the molecule is CCOC(C)=O.O=C([O-])O.[Na+]. The number of carbonyl (C=O) groups is 2. The van der Waals surface area contributed by atoms with Crippen LogP contribution in [-0.4, -0.2) is 23.8 Å². The van der Waals surface area contributed by atoms with Crippen molar-refractivity contribution in [2.45, 2.75) is 13.8 Å². The predicted octanol–water partition coefficient (Wildman–Crippen LogP) is -3.54. The molecular weight excluding hydrogens is 163 g/mol. The second kappa shape index (κ2) is 12.4. The molecule has 0 aromatic heterocycles. The van der Waals surface area contributed by atoms with E-state index in [0.717, 1.165) is 0 Å². The zero-order valence-electron chi connectivity index (χ0n) is 6.79. The van der Waals surface area contributed by atoms with Gasteiger partial charge in [-0.2, -0.15) is 0 Å². The Morgan fingerprint density at radius 3 is 1.82 bits per heavy atom. The molecule has 0 heterocycles. The van der Waals surface area contributed by atoms with Crippen LogP contribution in [0.15, 0.2) is 0 Å². The van der Waals surface area contributed by atoms with Crippen molar-refractivity contribution >= 4 is 12.1 Å². The molecule has 0 bridgehead atoms. The van der Waals surface area contributed by atoms with E-state index < -0.39 is 6.16 Å². The Morgan fingerprint density at radius 1 is 1.55 bits per heavy atom. The molecule has 0 aliphatic heterocycles. The minimum Gasteiger partial charge on any atom is -0.565 e. The van der Waals surface area contributed by atoms with Gasteiger partial charge in [0.2, 0.25) is 6.16 Å². The van der Waals surface area contributed by atoms with Gasteiger partial charge in [0.15, 0.2) is 0 Å². The van der Waals surface area contributed by atoms with E-state index in [1.165, 1.54) is 6.92 Å². The zero-order chi connectivity index (χ0) is 8.57. The van der Waals surface area contributed by atoms with Gasteiger partial charge in [0.25, 0.3) is 0 Å². The average Bonchev–Trinajstić information content (AvgIpc) is 1.62. The zero-order valence-corrected chi connectivity index (χ0v) is 8.79. The number of carbonyl (C=O) groups excluding carboxylic acids is 1. The van der Waals surface area contributed by atoms with Gasteiger partial charge in [-0.15, -0.1) is 0 Å². The van der Waals surface area contributed by atoms with Crippen LogP contribution >= 0.6 is 0 Å². The van der Waals surface area contributed by atoms with Crippen molar-refractivity contribution in [1.82, 2.24) is 0 Å². The van der Waals surface area contributed by atoms with E-state index in [-0.39, 0.29) is 35.5 Å². The summed E-state index contributed by atoms with van der Waals surface area (Å²) in [6.45, 7) is 3.65. The van der Waals surface area contributed by atoms with Crippen LogP contribution in [-0.2, 0) is 9.53 Å². The molecule has 0 amide bonds. The van der Waals surface area contributed by atoms with Crippen LogP contribution in [0, 0.1) is 0 Å². The number of hydrogen-bond acceptors (Lipinski definition) is 4. The minimum atomic E-state index is -2.08. The van der Waals surface area contributed by atoms with E-state index >= 15 is 0 Å². The van der Waals surface area contributed by atoms with Gasteiger partial charge < -0.3 is 19.7 Å². The van der Waals surface area contributed by atoms with E-state index in [9.17, 15) is 4.79 Å². The minimum absolute atomic E-state index is 0. The molecule has 1 N–H and O–H groups in total. The predicted molar refractivity (Wildman–Crippen MR) is 30.3 cm³/mol. The molecule has 11 heavy (non-hydrogen) atoms. The molecule has 6 heteroatoms. The van der Waals surface area contributed by atoms with Crippen molar-refractivity contribution in [3.63, 3.8) is 0 Å². The van der Waals surface area contributed by atoms with Crippen molar-refractivity contribution in [3.05, 3.63) is 0 Å². The summed E-state index contributed by atoms with van der Waals surface area (Å²) < 4.78 is 4.40. The second-order valence-corrected chi connectivity index (χ2v) is 1.19. The summed E-state index contributed by atoms with van der Waals surface area (Å²) in [5.41, 5.74) is 0. The van der Waals surface area contributed by atoms with Gasteiger partial charge >= 0.3 is 35.5 Å². The molecule has 0 aromatic rings. The molecule has 0 rings (SSSR count). The first-order valence-corrected chi connectivity index (χ1v) is 2.54. The van der Waals surface area contributed by atoms with Gasteiger partial charge in [0.05, 0.1) is 6.61 Å². The van der Waals surface area contributed by atoms with Gasteiger partial charge in [-0.1, -0.05) is 0 Å². The molecule has 0 aliphatic carbocycles. The van der Waals surface area contributed by atoms with Gasteiger partial charge in [-0.3, -0.25) is 4.79 Å². The summed E-state index contributed by atoms with van der Waals surface area (Å²) in [6.07, 6.45) is -2.08. The Hall–Kier alpha value is -0.260. The van der Waals surface area contributed by atoms with Crippen LogP contribution in [0.1, 0.15) is 13.8 Å². The molecule has 0 saturated heterocycles. The first-order valence-electron chi connectivity index (χ1n) is 2.54. The van der Waals surface area contributed by atoms with Crippen molar-refractivity contribution in [3.8, 4) is 0 Å². The van der Waals surface area contributed by atoms with Gasteiger partial charge in [-0.25, -0.2) is 0 Å². The van der Waals surface area contributed by atoms with Crippen molar-refractivity contribution in [1.29, 1.82) is 0 Å². The number of carboxylic acid groups (broad SMARTS) is 2. The van der Waals surface area contributed by atoms with E-state index in [0.29, 0.717) is 6.61 Å². The third-order valence-electron chi connectivity index (χ3n) is 0.348. The molecule has 0 unspecified atom stereocenters. The second-order valence-electron chi connectivity index (χ2n) is 1.19. The summed E-state index contributed by atoms with van der Waals surface area (Å²) in [5, 5.41) is 15.3. The van der Waals surface area contributed by atoms with Crippen molar-refractivity contribution < 1.29 is 54.1 Å². The maximum absolute atomic E-state index is 9.82. The Labute approximate surface area is 86.6 Å². The van der Waals surface area contributed by atoms with E-state index in [1.807, 2.05) is 0 Å². The molecule has 0 spiro atoms. The topological polar surface area (TPSA) is 86.7 Å². The normalized spacial score (nSPS) is 6.36. The maximum Gasteiger partial charge on any atom is 1.00 e. The number of ether oxygens (including phenoxy) is 1. The summed E-state index contributed by atoms with van der Waals surface area (Å²) in [7, 11) is 0. The molecule has 0 aliphatic rings. The number of hydrogen-bond donors (Lipinski definition) is 1. The summed E-state index contributed by atoms with van der Waals surface area (Å²) in [5.74, 6) is -0.211. The van der Waals surface area contributed by atoms with Crippen LogP contribution in [0.3, 0.4) is 0 Å². The molecule has 0 saturated carbocycles. The molecular formula is C5H9NaO5. The fourth-order valence-electron chi connectivity index (χ4n) is 0.203. The van der Waals surface area contributed by atoms with Crippen molar-refractivity contribution in [2.24, 2.45) is 0 Å². The summed E-state index contributed by atoms with van der Waals surface area (Å²) >= 11 is 0. The van der Waals surface area contributed by atoms with Crippen LogP contribution in [0.5, 0.6) is 0 Å². The van der Waals surface area contributed by atoms with Crippen molar-refractivity contribution in [2.75, 3.05) is 6.61 Å². The monoisotopic (exact) mass is 172 g/mol. The molecule has 0 aromatic carbocycles. The molecule has 60 valence electrons. The van der Waals surface area contributed by atoms with Crippen LogP contribution in [0.4, 0.5) is 4.79 Å². The third kappa shape index (κ3) is 77.7. The molecule has 0 radical (unpaired) electrons. The Bertz CT molecular complexity index is 109. The van der Waals surface area contributed by atoms with Gasteiger partial charge in [0, 0.05) is 6.92 Å². The van der Waals surface area contributed by atoms with E-state index in [1.54, 1.807) is 6.92 Å². The maximum atomic E-state index is 9.82. The van der Waals surface area contributed by atoms with Gasteiger partial charge in [0.1, 0.15) is 0 Å². The molecule has 0 fully saturated rings. The van der Waals surface area contributed by atoms with Crippen LogP contribution < -0.4 is 34.7 Å². The van der Waals surface area contributed by atoms with E-state index in [4.69, 9.17) is 15.0 Å². The smallest absolute Gasteiger partial charge is 0.565 e.